The monoisotopic (exact) mass is 425 g/mol. The number of carbonyl (C=O) groups excluding carboxylic acids is 1. The van der Waals surface area contributed by atoms with E-state index in [1.54, 1.807) is 18.2 Å². The molecule has 0 aliphatic rings. The average molecular weight is 426 g/mol. The summed E-state index contributed by atoms with van der Waals surface area (Å²) in [5, 5.41) is 0. The highest BCUT2D eigenvalue weighted by atomic mass is 32.2. The molecule has 7 heteroatoms. The van der Waals surface area contributed by atoms with E-state index < -0.39 is 10.0 Å². The summed E-state index contributed by atoms with van der Waals surface area (Å²) in [7, 11) is -0.896. The number of rotatable bonds is 8. The molecule has 3 rings (SSSR count). The van der Waals surface area contributed by atoms with Crippen molar-refractivity contribution in [2.45, 2.75) is 17.9 Å². The highest BCUT2D eigenvalue weighted by Crippen LogP contribution is 2.24. The predicted molar refractivity (Wildman–Crippen MR) is 115 cm³/mol. The van der Waals surface area contributed by atoms with Gasteiger partial charge in [0.25, 0.3) is 0 Å². The van der Waals surface area contributed by atoms with Crippen LogP contribution in [0.5, 0.6) is 5.75 Å². The van der Waals surface area contributed by atoms with E-state index in [2.05, 4.69) is 4.72 Å². The largest absolute Gasteiger partial charge is 0.495 e. The van der Waals surface area contributed by atoms with Crippen LogP contribution in [-0.4, -0.2) is 28.6 Å². The van der Waals surface area contributed by atoms with Crippen molar-refractivity contribution in [2.24, 2.45) is 0 Å². The fraction of sp³-hybridized carbons (Fsp3) is 0.174. The first-order chi connectivity index (χ1) is 14.4. The van der Waals surface area contributed by atoms with E-state index in [9.17, 15) is 13.2 Å². The maximum Gasteiger partial charge on any atom is 0.309 e. The molecule has 0 spiro atoms. The van der Waals surface area contributed by atoms with Crippen molar-refractivity contribution < 1.29 is 22.7 Å². The molecule has 0 bridgehead atoms. The van der Waals surface area contributed by atoms with E-state index >= 15 is 0 Å². The maximum absolute atomic E-state index is 12.6. The van der Waals surface area contributed by atoms with Crippen LogP contribution in [0.25, 0.3) is 11.1 Å². The van der Waals surface area contributed by atoms with Crippen LogP contribution in [0.2, 0.25) is 0 Å². The van der Waals surface area contributed by atoms with Crippen LogP contribution >= 0.6 is 0 Å². The Morgan fingerprint density at radius 2 is 1.60 bits per heavy atom. The normalized spacial score (nSPS) is 11.1. The number of sulfonamides is 1. The summed E-state index contributed by atoms with van der Waals surface area (Å²) in [5.74, 6) is 0.0111. The lowest BCUT2D eigenvalue weighted by Crippen LogP contribution is -2.23. The van der Waals surface area contributed by atoms with Gasteiger partial charge in [0.05, 0.1) is 20.6 Å². The van der Waals surface area contributed by atoms with Gasteiger partial charge in [0, 0.05) is 6.54 Å². The molecule has 0 saturated heterocycles. The van der Waals surface area contributed by atoms with Crippen LogP contribution in [0.4, 0.5) is 0 Å². The number of para-hydroxylation sites is 1. The topological polar surface area (TPSA) is 81.7 Å². The van der Waals surface area contributed by atoms with Crippen molar-refractivity contribution in [1.29, 1.82) is 0 Å². The number of hydrogen-bond donors (Lipinski definition) is 1. The molecule has 3 aromatic rings. The van der Waals surface area contributed by atoms with Gasteiger partial charge in [-0.1, -0.05) is 60.7 Å². The highest BCUT2D eigenvalue weighted by molar-refractivity contribution is 7.89. The third kappa shape index (κ3) is 5.25. The molecule has 0 aliphatic carbocycles. The molecule has 0 aliphatic heterocycles. The zero-order chi connectivity index (χ0) is 21.6. The summed E-state index contributed by atoms with van der Waals surface area (Å²) in [6, 6.07) is 21.7. The molecule has 0 saturated carbocycles. The number of carbonyl (C=O) groups is 1. The van der Waals surface area contributed by atoms with Crippen molar-refractivity contribution in [3.63, 3.8) is 0 Å². The van der Waals surface area contributed by atoms with Crippen LogP contribution < -0.4 is 9.46 Å². The van der Waals surface area contributed by atoms with Crippen LogP contribution in [0, 0.1) is 0 Å². The number of nitrogens with one attached hydrogen (secondary N) is 1. The van der Waals surface area contributed by atoms with Gasteiger partial charge in [-0.15, -0.1) is 0 Å². The lowest BCUT2D eigenvalue weighted by molar-refractivity contribution is -0.139. The van der Waals surface area contributed by atoms with E-state index in [4.69, 9.17) is 9.47 Å². The number of hydrogen-bond acceptors (Lipinski definition) is 5. The Morgan fingerprint density at radius 1 is 0.867 bits per heavy atom. The third-order valence-corrected chi connectivity index (χ3v) is 6.06. The Bertz CT molecular complexity index is 1120. The summed E-state index contributed by atoms with van der Waals surface area (Å²) >= 11 is 0. The molecular formula is C23H23NO5S. The molecule has 0 unspecified atom stereocenters. The van der Waals surface area contributed by atoms with Crippen molar-refractivity contribution in [3.05, 3.63) is 83.9 Å². The zero-order valence-corrected chi connectivity index (χ0v) is 17.6. The minimum atomic E-state index is -3.70. The van der Waals surface area contributed by atoms with Gasteiger partial charge in [0.15, 0.2) is 0 Å². The fourth-order valence-electron chi connectivity index (χ4n) is 3.01. The van der Waals surface area contributed by atoms with E-state index in [0.717, 1.165) is 22.3 Å². The van der Waals surface area contributed by atoms with Gasteiger partial charge >= 0.3 is 5.97 Å². The average Bonchev–Trinajstić information content (AvgIpc) is 2.78. The van der Waals surface area contributed by atoms with Gasteiger partial charge in [-0.05, 0) is 34.4 Å². The number of methoxy groups -OCH3 is 2. The number of esters is 1. The van der Waals surface area contributed by atoms with Crippen molar-refractivity contribution >= 4 is 16.0 Å². The highest BCUT2D eigenvalue weighted by Gasteiger charge is 2.18. The minimum absolute atomic E-state index is 0.103. The first kappa shape index (κ1) is 21.5. The van der Waals surface area contributed by atoms with E-state index in [-0.39, 0.29) is 23.8 Å². The Balaban J connectivity index is 1.71. The fourth-order valence-corrected chi connectivity index (χ4v) is 4.20. The lowest BCUT2D eigenvalue weighted by atomic mass is 10.0. The molecule has 30 heavy (non-hydrogen) atoms. The lowest BCUT2D eigenvalue weighted by Gasteiger charge is -2.11. The minimum Gasteiger partial charge on any atom is -0.495 e. The van der Waals surface area contributed by atoms with E-state index in [1.165, 1.54) is 20.3 Å². The SMILES string of the molecule is COC(=O)Cc1cccc(-c2ccc(CNS(=O)(=O)c3ccccc3OC)cc2)c1. The van der Waals surface area contributed by atoms with Gasteiger partial charge < -0.3 is 9.47 Å². The summed E-state index contributed by atoms with van der Waals surface area (Å²) in [6.45, 7) is 0.156. The van der Waals surface area contributed by atoms with Gasteiger partial charge in [-0.3, -0.25) is 4.79 Å². The molecule has 3 aromatic carbocycles. The summed E-state index contributed by atoms with van der Waals surface area (Å²) in [5.41, 5.74) is 3.63. The summed E-state index contributed by atoms with van der Waals surface area (Å²) in [4.78, 5) is 11.6. The second-order valence-corrected chi connectivity index (χ2v) is 8.36. The van der Waals surface area contributed by atoms with Crippen LogP contribution in [0.3, 0.4) is 0 Å². The maximum atomic E-state index is 12.6. The number of benzene rings is 3. The first-order valence-electron chi connectivity index (χ1n) is 9.30. The Hall–Kier alpha value is -3.16. The molecule has 6 nitrogen and oxygen atoms in total. The predicted octanol–water partition coefficient (Wildman–Crippen LogP) is 3.56. The second kappa shape index (κ2) is 9.56. The van der Waals surface area contributed by atoms with Crippen molar-refractivity contribution in [2.75, 3.05) is 14.2 Å². The molecular weight excluding hydrogens is 402 g/mol. The molecule has 0 fully saturated rings. The molecule has 0 atom stereocenters. The van der Waals surface area contributed by atoms with Crippen LogP contribution in [0.1, 0.15) is 11.1 Å². The molecule has 0 amide bonds. The molecule has 0 heterocycles. The first-order valence-corrected chi connectivity index (χ1v) is 10.8. The zero-order valence-electron chi connectivity index (χ0n) is 16.8. The Kier molecular flexibility index (Phi) is 6.87. The van der Waals surface area contributed by atoms with Gasteiger partial charge in [-0.25, -0.2) is 13.1 Å². The van der Waals surface area contributed by atoms with Crippen LogP contribution in [-0.2, 0) is 32.5 Å². The van der Waals surface area contributed by atoms with Gasteiger partial charge in [0.2, 0.25) is 10.0 Å². The van der Waals surface area contributed by atoms with Crippen molar-refractivity contribution in [1.82, 2.24) is 4.72 Å². The summed E-state index contributed by atoms with van der Waals surface area (Å²) in [6.07, 6.45) is 0.215. The summed E-state index contributed by atoms with van der Waals surface area (Å²) < 4.78 is 37.6. The Morgan fingerprint density at radius 3 is 2.30 bits per heavy atom. The molecule has 0 aromatic heterocycles. The van der Waals surface area contributed by atoms with E-state index in [1.807, 2.05) is 48.5 Å². The van der Waals surface area contributed by atoms with Crippen molar-refractivity contribution in [3.8, 4) is 16.9 Å². The third-order valence-electron chi connectivity index (χ3n) is 4.62. The molecule has 1 N–H and O–H groups in total. The van der Waals surface area contributed by atoms with E-state index in [0.29, 0.717) is 5.75 Å². The smallest absolute Gasteiger partial charge is 0.309 e. The Labute approximate surface area is 176 Å². The van der Waals surface area contributed by atoms with Gasteiger partial charge in [-0.2, -0.15) is 0 Å². The second-order valence-electron chi connectivity index (χ2n) is 6.63. The standard InChI is InChI=1S/C23H23NO5S/c1-28-21-8-3-4-9-22(21)30(26,27)24-16-17-10-12-19(13-11-17)20-7-5-6-18(14-20)15-23(25)29-2/h3-14,24H,15-16H2,1-2H3. The quantitative estimate of drug-likeness (QED) is 0.558. The van der Waals surface area contributed by atoms with Crippen LogP contribution in [0.15, 0.2) is 77.7 Å². The number of ether oxygens (including phenoxy) is 2. The molecule has 156 valence electrons. The molecule has 0 radical (unpaired) electrons. The van der Waals surface area contributed by atoms with Gasteiger partial charge in [0.1, 0.15) is 10.6 Å².